The van der Waals surface area contributed by atoms with Gasteiger partial charge in [0, 0.05) is 88.3 Å². The fourth-order valence-electron chi connectivity index (χ4n) is 17.1. The van der Waals surface area contributed by atoms with E-state index in [9.17, 15) is 0 Å². The molecule has 0 radical (unpaired) electrons. The molecule has 0 aliphatic carbocycles. The second kappa shape index (κ2) is 18.5. The first-order valence-corrected chi connectivity index (χ1v) is 31.4. The van der Waals surface area contributed by atoms with Gasteiger partial charge in [0.05, 0.1) is 11.4 Å². The molecule has 0 saturated heterocycles. The number of hydrogen-bond donors (Lipinski definition) is 0. The molecule has 0 N–H and O–H groups in total. The Morgan fingerprint density at radius 2 is 0.727 bits per heavy atom. The minimum absolute atomic E-state index is 0.0637. The van der Waals surface area contributed by atoms with Crippen LogP contribution in [-0.2, 0) is 17.3 Å². The average molecular weight is 1130 g/mol. The van der Waals surface area contributed by atoms with Crippen LogP contribution in [0.1, 0.15) is 77.8 Å². The summed E-state index contributed by atoms with van der Waals surface area (Å²) in [5.41, 5.74) is 34.3. The summed E-state index contributed by atoms with van der Waals surface area (Å²) in [6.45, 7) is 16.4. The van der Waals surface area contributed by atoms with Crippen molar-refractivity contribution in [1.82, 2.24) is 8.96 Å². The van der Waals surface area contributed by atoms with Gasteiger partial charge in [0.2, 0.25) is 0 Å². The molecule has 0 atom stereocenters. The molecule has 0 spiro atoms. The van der Waals surface area contributed by atoms with Crippen LogP contribution in [-0.4, -0.2) is 22.7 Å². The van der Waals surface area contributed by atoms with E-state index in [-0.39, 0.29) is 24.5 Å². The fourth-order valence-corrected chi connectivity index (χ4v) is 17.1. The molecule has 0 unspecified atom stereocenters. The van der Waals surface area contributed by atoms with E-state index in [1.807, 2.05) is 0 Å². The van der Waals surface area contributed by atoms with Crippen LogP contribution in [0.4, 0.5) is 34.1 Å². The van der Waals surface area contributed by atoms with Crippen LogP contribution in [0.15, 0.2) is 249 Å². The van der Waals surface area contributed by atoms with Crippen molar-refractivity contribution in [3.05, 3.63) is 299 Å². The van der Waals surface area contributed by atoms with Crippen molar-refractivity contribution in [3.8, 4) is 22.3 Å². The molecular formula is C82H64B2N4. The van der Waals surface area contributed by atoms with E-state index in [0.29, 0.717) is 0 Å². The highest BCUT2D eigenvalue weighted by molar-refractivity contribution is 6.89. The normalized spacial score (nSPS) is 14.7. The smallest absolute Gasteiger partial charge is 0.332 e. The molecule has 18 rings (SSSR count). The number of benzene rings is 12. The number of anilines is 6. The molecule has 88 heavy (non-hydrogen) atoms. The number of rotatable bonds is 6. The van der Waals surface area contributed by atoms with Crippen LogP contribution in [0, 0.1) is 20.8 Å². The summed E-state index contributed by atoms with van der Waals surface area (Å²) in [4.78, 5) is 5.15. The van der Waals surface area contributed by atoms with Crippen molar-refractivity contribution in [2.24, 2.45) is 0 Å². The first kappa shape index (κ1) is 51.2. The Hall–Kier alpha value is -10.0. The second-order valence-corrected chi connectivity index (χ2v) is 26.5. The Morgan fingerprint density at radius 3 is 1.30 bits per heavy atom. The third-order valence-electron chi connectivity index (χ3n) is 20.7. The van der Waals surface area contributed by atoms with Crippen LogP contribution < -0.4 is 31.7 Å². The Bertz CT molecular complexity index is 5320. The van der Waals surface area contributed by atoms with Crippen molar-refractivity contribution in [2.75, 3.05) is 9.80 Å². The summed E-state index contributed by atoms with van der Waals surface area (Å²) in [5.74, 6) is 0. The van der Waals surface area contributed by atoms with Crippen molar-refractivity contribution in [2.45, 2.75) is 65.7 Å². The third-order valence-corrected chi connectivity index (χ3v) is 20.7. The van der Waals surface area contributed by atoms with Crippen LogP contribution in [0.25, 0.3) is 65.9 Å². The van der Waals surface area contributed by atoms with Gasteiger partial charge in [0.1, 0.15) is 0 Å². The van der Waals surface area contributed by atoms with Crippen LogP contribution in [0.5, 0.6) is 0 Å². The maximum Gasteiger partial charge on any atom is 0.332 e. The summed E-state index contributed by atoms with van der Waals surface area (Å²) in [6.07, 6.45) is 0.763. The van der Waals surface area contributed by atoms with E-state index in [0.717, 1.165) is 6.42 Å². The molecule has 12 aromatic carbocycles. The molecular weight excluding hydrogens is 1060 g/mol. The van der Waals surface area contributed by atoms with Crippen LogP contribution in [0.2, 0.25) is 0 Å². The Morgan fingerprint density at radius 1 is 0.318 bits per heavy atom. The lowest BCUT2D eigenvalue weighted by Crippen LogP contribution is -2.56. The standard InChI is InChI=1S/C82H64B2N4/c1-50-43-51(2)75-60(44-50)62-48-53(45-52(3)76(62)87(75)83-67-35-16-20-41-73(67)85-71-39-18-14-31-63(71)81(4,5)65-33-23-37-69(83)79(65)85)46-54-47-59(56-27-12-9-13-28-56)78-61(49-54)58-30-22-29-57(55-25-10-8-11-26-55)77(58)88(78)84-68-36-17-21-42-74(68)86-72-40-19-15-32-64(72)82(6,7)66-34-24-38-70(84)80(66)86/h8-45,47-49H,46H2,1-7H3. The molecule has 14 aromatic rings. The monoisotopic (exact) mass is 1130 g/mol. The molecule has 4 aliphatic heterocycles. The first-order chi connectivity index (χ1) is 43.0. The quantitative estimate of drug-likeness (QED) is 0.154. The van der Waals surface area contributed by atoms with Crippen molar-refractivity contribution < 1.29 is 0 Å². The Labute approximate surface area is 515 Å². The summed E-state index contributed by atoms with van der Waals surface area (Å²) in [5, 5.41) is 5.14. The van der Waals surface area contributed by atoms with Crippen molar-refractivity contribution in [3.63, 3.8) is 0 Å². The largest absolute Gasteiger partial charge is 0.375 e. The number of para-hydroxylation sites is 7. The van der Waals surface area contributed by atoms with Crippen molar-refractivity contribution >= 4 is 113 Å². The molecule has 2 aromatic heterocycles. The van der Waals surface area contributed by atoms with Gasteiger partial charge in [0.15, 0.2) is 0 Å². The fraction of sp³-hybridized carbons (Fsp3) is 0.122. The zero-order valence-corrected chi connectivity index (χ0v) is 50.8. The maximum absolute atomic E-state index is 2.76. The SMILES string of the molecule is Cc1cc(C)c2c(c1)c1cc(Cc3cc(-c4ccccc4)c4c(c3)c3cccc(-c5ccccc5)c3n4B3c4ccccc4N4c5ccccc5C(C)(C)c5cccc3c54)cc(C)c1n2B1c2ccccc2N2c3ccccc3C(C)(C)c3cccc1c32. The molecule has 4 aliphatic rings. The molecule has 418 valence electrons. The molecule has 6 heterocycles. The molecule has 0 fully saturated rings. The van der Waals surface area contributed by atoms with Gasteiger partial charge in [-0.2, -0.15) is 0 Å². The Balaban J connectivity index is 0.873. The lowest BCUT2D eigenvalue weighted by molar-refractivity contribution is 0.632. The van der Waals surface area contributed by atoms with Gasteiger partial charge in [-0.05, 0) is 153 Å². The van der Waals surface area contributed by atoms with E-state index < -0.39 is 0 Å². The zero-order valence-electron chi connectivity index (χ0n) is 50.8. The van der Waals surface area contributed by atoms with Gasteiger partial charge in [-0.1, -0.05) is 233 Å². The summed E-state index contributed by atoms with van der Waals surface area (Å²) < 4.78 is 5.50. The molecule has 0 amide bonds. The average Bonchev–Trinajstić information content (AvgIpc) is 1.11. The van der Waals surface area contributed by atoms with Gasteiger partial charge in [-0.3, -0.25) is 0 Å². The van der Waals surface area contributed by atoms with Gasteiger partial charge < -0.3 is 18.8 Å². The van der Waals surface area contributed by atoms with Crippen LogP contribution >= 0.6 is 0 Å². The highest BCUT2D eigenvalue weighted by atomic mass is 15.2. The van der Waals surface area contributed by atoms with Gasteiger partial charge in [0.25, 0.3) is 0 Å². The zero-order chi connectivity index (χ0) is 59.1. The highest BCUT2D eigenvalue weighted by Gasteiger charge is 2.48. The highest BCUT2D eigenvalue weighted by Crippen LogP contribution is 2.55. The van der Waals surface area contributed by atoms with E-state index in [4.69, 9.17) is 0 Å². The van der Waals surface area contributed by atoms with Gasteiger partial charge >= 0.3 is 13.7 Å². The molecule has 0 saturated carbocycles. The van der Waals surface area contributed by atoms with Gasteiger partial charge in [-0.25, -0.2) is 0 Å². The predicted molar refractivity (Wildman–Crippen MR) is 374 cm³/mol. The van der Waals surface area contributed by atoms with Crippen LogP contribution in [0.3, 0.4) is 0 Å². The maximum atomic E-state index is 2.76. The van der Waals surface area contributed by atoms with Gasteiger partial charge in [-0.15, -0.1) is 0 Å². The molecule has 6 heteroatoms. The predicted octanol–water partition coefficient (Wildman–Crippen LogP) is 17.9. The lowest BCUT2D eigenvalue weighted by Gasteiger charge is -2.47. The number of fused-ring (bicyclic) bond motifs is 14. The number of nitrogens with zero attached hydrogens (tertiary/aromatic N) is 4. The van der Waals surface area contributed by atoms with Crippen molar-refractivity contribution in [1.29, 1.82) is 0 Å². The van der Waals surface area contributed by atoms with E-state index in [2.05, 4.69) is 316 Å². The minimum Gasteiger partial charge on any atom is -0.375 e. The topological polar surface area (TPSA) is 16.3 Å². The number of hydrogen-bond acceptors (Lipinski definition) is 2. The van der Waals surface area contributed by atoms with E-state index in [1.165, 1.54) is 172 Å². The Kier molecular flexibility index (Phi) is 10.8. The van der Waals surface area contributed by atoms with E-state index in [1.54, 1.807) is 0 Å². The third kappa shape index (κ3) is 6.94. The number of aryl methyl sites for hydroxylation is 3. The minimum atomic E-state index is -0.223. The summed E-state index contributed by atoms with van der Waals surface area (Å²) in [6, 6.07) is 95.1. The number of aromatic nitrogens is 2. The summed E-state index contributed by atoms with van der Waals surface area (Å²) in [7, 11) is 0. The lowest BCUT2D eigenvalue weighted by atomic mass is 9.46. The molecule has 0 bridgehead atoms. The van der Waals surface area contributed by atoms with E-state index >= 15 is 0 Å². The molecule has 4 nitrogen and oxygen atoms in total. The second-order valence-electron chi connectivity index (χ2n) is 26.5. The first-order valence-electron chi connectivity index (χ1n) is 31.4. The summed E-state index contributed by atoms with van der Waals surface area (Å²) >= 11 is 0.